The first kappa shape index (κ1) is 16.8. The second-order valence-electron chi connectivity index (χ2n) is 4.87. The van der Waals surface area contributed by atoms with Gasteiger partial charge < -0.3 is 10.0 Å². The third-order valence-corrected chi connectivity index (χ3v) is 4.68. The first-order valence-corrected chi connectivity index (χ1v) is 8.38. The van der Waals surface area contributed by atoms with Gasteiger partial charge in [0.15, 0.2) is 0 Å². The molecule has 0 bridgehead atoms. The molecular weight excluding hydrogens is 388 g/mol. The molecule has 1 heterocycles. The fourth-order valence-corrected chi connectivity index (χ4v) is 3.46. The van der Waals surface area contributed by atoms with Crippen LogP contribution in [0.15, 0.2) is 16.6 Å². The minimum Gasteiger partial charge on any atom is -0.478 e. The van der Waals surface area contributed by atoms with Crippen LogP contribution in [0.3, 0.4) is 0 Å². The summed E-state index contributed by atoms with van der Waals surface area (Å²) in [6.07, 6.45) is -0.225. The molecule has 1 aromatic carbocycles. The maximum Gasteiger partial charge on any atom is 0.337 e. The summed E-state index contributed by atoms with van der Waals surface area (Å²) in [7, 11) is -4.74. The summed E-state index contributed by atoms with van der Waals surface area (Å²) in [6.45, 7) is -0.152. The summed E-state index contributed by atoms with van der Waals surface area (Å²) < 4.78 is 47.5. The molecule has 22 heavy (non-hydrogen) atoms. The van der Waals surface area contributed by atoms with E-state index < -0.39 is 45.2 Å². The zero-order valence-electron chi connectivity index (χ0n) is 10.9. The van der Waals surface area contributed by atoms with Gasteiger partial charge in [0, 0.05) is 18.9 Å². The molecule has 1 fully saturated rings. The molecule has 1 aliphatic rings. The number of amides is 1. The summed E-state index contributed by atoms with van der Waals surface area (Å²) in [6, 6.07) is 1.89. The van der Waals surface area contributed by atoms with Crippen LogP contribution >= 0.6 is 15.9 Å². The zero-order chi connectivity index (χ0) is 16.7. The number of rotatable bonds is 4. The molecule has 0 aliphatic carbocycles. The number of halogens is 3. The van der Waals surface area contributed by atoms with Crippen molar-refractivity contribution in [3.63, 3.8) is 0 Å². The van der Waals surface area contributed by atoms with E-state index >= 15 is 0 Å². The third-order valence-electron chi connectivity index (χ3n) is 3.20. The number of carbonyl (C=O) groups excluding carboxylic acids is 1. The fraction of sp³-hybridized carbons (Fsp3) is 0.333. The lowest BCUT2D eigenvalue weighted by Gasteiger charge is -2.19. The molecule has 0 aromatic heterocycles. The van der Waals surface area contributed by atoms with E-state index in [0.29, 0.717) is 0 Å². The lowest BCUT2D eigenvalue weighted by Crippen LogP contribution is -2.27. The predicted molar refractivity (Wildman–Crippen MR) is 76.4 cm³/mol. The maximum atomic E-state index is 13.5. The number of carboxylic acid groups (broad SMARTS) is 1. The minimum atomic E-state index is -4.74. The van der Waals surface area contributed by atoms with Crippen molar-refractivity contribution in [2.45, 2.75) is 6.42 Å². The summed E-state index contributed by atoms with van der Waals surface area (Å²) in [5, 5.41) is 9.10. The molecule has 1 unspecified atom stereocenters. The third kappa shape index (κ3) is 3.61. The van der Waals surface area contributed by atoms with Gasteiger partial charge >= 0.3 is 16.2 Å². The van der Waals surface area contributed by atoms with Gasteiger partial charge in [-0.1, -0.05) is 0 Å². The highest BCUT2D eigenvalue weighted by Crippen LogP contribution is 2.32. The van der Waals surface area contributed by atoms with Gasteiger partial charge in [0.05, 0.1) is 21.5 Å². The first-order chi connectivity index (χ1) is 10.1. The second-order valence-corrected chi connectivity index (χ2v) is 7.13. The Kier molecular flexibility index (Phi) is 4.52. The Morgan fingerprint density at radius 3 is 2.64 bits per heavy atom. The molecule has 1 amide bonds. The van der Waals surface area contributed by atoms with Crippen molar-refractivity contribution < 1.29 is 31.4 Å². The van der Waals surface area contributed by atoms with Gasteiger partial charge in [-0.25, -0.2) is 9.18 Å². The smallest absolute Gasteiger partial charge is 0.337 e. The van der Waals surface area contributed by atoms with Crippen LogP contribution in [0.4, 0.5) is 14.0 Å². The predicted octanol–water partition coefficient (Wildman–Crippen LogP) is 1.94. The summed E-state index contributed by atoms with van der Waals surface area (Å²) in [5.41, 5.74) is -0.498. The van der Waals surface area contributed by atoms with Gasteiger partial charge in [0.25, 0.3) is 0 Å². The molecule has 120 valence electrons. The Bertz CT molecular complexity index is 752. The van der Waals surface area contributed by atoms with Crippen molar-refractivity contribution in [3.8, 4) is 0 Å². The zero-order valence-corrected chi connectivity index (χ0v) is 13.3. The number of hydrogen-bond donors (Lipinski definition) is 1. The van der Waals surface area contributed by atoms with Crippen LogP contribution < -0.4 is 4.90 Å². The van der Waals surface area contributed by atoms with Gasteiger partial charge in [-0.05, 0) is 28.1 Å². The van der Waals surface area contributed by atoms with Crippen LogP contribution in [0, 0.1) is 11.7 Å². The van der Waals surface area contributed by atoms with Crippen LogP contribution in [0.25, 0.3) is 0 Å². The van der Waals surface area contributed by atoms with Crippen LogP contribution in [-0.4, -0.2) is 37.7 Å². The molecule has 1 atom stereocenters. The van der Waals surface area contributed by atoms with Crippen LogP contribution in [0.1, 0.15) is 16.8 Å². The quantitative estimate of drug-likeness (QED) is 0.783. The number of carbonyl (C=O) groups is 2. The molecule has 1 aliphatic heterocycles. The number of carboxylic acids is 1. The van der Waals surface area contributed by atoms with E-state index in [1.807, 2.05) is 0 Å². The number of nitrogens with zero attached hydrogens (tertiary/aromatic N) is 1. The number of benzene rings is 1. The molecule has 0 radical (unpaired) electrons. The number of hydrogen-bond acceptors (Lipinski definition) is 4. The molecule has 0 saturated carbocycles. The van der Waals surface area contributed by atoms with Gasteiger partial charge in [-0.15, -0.1) is 3.89 Å². The Morgan fingerprint density at radius 2 is 2.09 bits per heavy atom. The molecule has 0 spiro atoms. The van der Waals surface area contributed by atoms with Crippen molar-refractivity contribution >= 4 is 43.7 Å². The highest BCUT2D eigenvalue weighted by molar-refractivity contribution is 9.10. The standard InChI is InChI=1S/C12H10BrF2NO5S/c13-8-3-10(7(12(18)19)2-9(8)14)16-4-6(1-11(16)17)5-22(15,20)21/h2-3,6H,1,4-5H2,(H,18,19). The largest absolute Gasteiger partial charge is 0.478 e. The average molecular weight is 398 g/mol. The molecule has 1 saturated heterocycles. The van der Waals surface area contributed by atoms with Crippen molar-refractivity contribution in [2.24, 2.45) is 5.92 Å². The molecule has 2 rings (SSSR count). The van der Waals surface area contributed by atoms with Gasteiger partial charge in [0.2, 0.25) is 5.91 Å². The van der Waals surface area contributed by atoms with Gasteiger partial charge in [0.1, 0.15) is 5.82 Å². The molecule has 6 nitrogen and oxygen atoms in total. The monoisotopic (exact) mass is 397 g/mol. The number of anilines is 1. The highest BCUT2D eigenvalue weighted by atomic mass is 79.9. The Hall–Kier alpha value is -1.55. The second kappa shape index (κ2) is 5.92. The number of aromatic carboxylic acids is 1. The van der Waals surface area contributed by atoms with E-state index in [9.17, 15) is 26.3 Å². The molecule has 1 N–H and O–H groups in total. The van der Waals surface area contributed by atoms with Crippen LogP contribution in [0.5, 0.6) is 0 Å². The average Bonchev–Trinajstić information content (AvgIpc) is 2.70. The lowest BCUT2D eigenvalue weighted by atomic mass is 10.1. The maximum absolute atomic E-state index is 13.5. The van der Waals surface area contributed by atoms with E-state index in [4.69, 9.17) is 5.11 Å². The van der Waals surface area contributed by atoms with Crippen molar-refractivity contribution in [1.29, 1.82) is 0 Å². The molecule has 1 aromatic rings. The highest BCUT2D eigenvalue weighted by Gasteiger charge is 2.35. The Labute approximate surface area is 133 Å². The van der Waals surface area contributed by atoms with E-state index in [1.165, 1.54) is 0 Å². The van der Waals surface area contributed by atoms with Crippen molar-refractivity contribution in [1.82, 2.24) is 0 Å². The normalized spacial score (nSPS) is 18.8. The Morgan fingerprint density at radius 1 is 1.45 bits per heavy atom. The summed E-state index contributed by atoms with van der Waals surface area (Å²) >= 11 is 2.90. The van der Waals surface area contributed by atoms with Crippen LogP contribution in [-0.2, 0) is 15.0 Å². The van der Waals surface area contributed by atoms with E-state index in [1.54, 1.807) is 0 Å². The topological polar surface area (TPSA) is 91.8 Å². The SMILES string of the molecule is O=C(O)c1cc(F)c(Br)cc1N1CC(CS(=O)(=O)F)CC1=O. The Balaban J connectivity index is 2.38. The van der Waals surface area contributed by atoms with Crippen molar-refractivity contribution in [2.75, 3.05) is 17.2 Å². The lowest BCUT2D eigenvalue weighted by molar-refractivity contribution is -0.117. The van der Waals surface area contributed by atoms with E-state index in [2.05, 4.69) is 15.9 Å². The minimum absolute atomic E-state index is 0.0399. The van der Waals surface area contributed by atoms with Gasteiger partial charge in [-0.3, -0.25) is 4.79 Å². The van der Waals surface area contributed by atoms with E-state index in [0.717, 1.165) is 17.0 Å². The van der Waals surface area contributed by atoms with Crippen LogP contribution in [0.2, 0.25) is 0 Å². The first-order valence-electron chi connectivity index (χ1n) is 6.03. The fourth-order valence-electron chi connectivity index (χ4n) is 2.34. The van der Waals surface area contributed by atoms with Crippen molar-refractivity contribution in [3.05, 3.63) is 28.0 Å². The molecular formula is C12H10BrF2NO5S. The molecule has 10 heteroatoms. The summed E-state index contributed by atoms with van der Waals surface area (Å²) in [5.74, 6) is -4.39. The van der Waals surface area contributed by atoms with Gasteiger partial charge in [-0.2, -0.15) is 8.42 Å². The summed E-state index contributed by atoms with van der Waals surface area (Å²) in [4.78, 5) is 24.2. The van der Waals surface area contributed by atoms with E-state index in [-0.39, 0.29) is 23.1 Å².